The van der Waals surface area contributed by atoms with Gasteiger partial charge in [-0.05, 0) is 54.7 Å². The minimum atomic E-state index is -3.30. The number of ether oxygens (including phenoxy) is 3. The second-order valence-electron chi connectivity index (χ2n) is 8.28. The number of alkyl halides is 2. The van der Waals surface area contributed by atoms with E-state index in [1.165, 1.54) is 12.2 Å². The molecule has 1 aromatic carbocycles. The maximum atomic E-state index is 13.5. The molecule has 2 heterocycles. The van der Waals surface area contributed by atoms with Gasteiger partial charge in [0.1, 0.15) is 23.1 Å². The smallest absolute Gasteiger partial charge is 0.415 e. The molecule has 35 heavy (non-hydrogen) atoms. The molecule has 0 atom stereocenters. The quantitative estimate of drug-likeness (QED) is 0.484. The molecule has 1 aliphatic carbocycles. The average Bonchev–Trinajstić information content (AvgIpc) is 3.10. The highest BCUT2D eigenvalue weighted by Gasteiger charge is 2.26. The van der Waals surface area contributed by atoms with Gasteiger partial charge in [0.2, 0.25) is 0 Å². The number of hydrogen-bond acceptors (Lipinski definition) is 6. The normalized spacial score (nSPS) is 16.2. The summed E-state index contributed by atoms with van der Waals surface area (Å²) in [7, 11) is 0. The van der Waals surface area contributed by atoms with Crippen molar-refractivity contribution in [3.05, 3.63) is 83.4 Å². The Balaban J connectivity index is 1.61. The molecule has 184 valence electrons. The number of carbonyl (C=O) groups excluding carboxylic acids is 1. The van der Waals surface area contributed by atoms with Gasteiger partial charge < -0.3 is 14.2 Å². The van der Waals surface area contributed by atoms with Crippen molar-refractivity contribution < 1.29 is 27.8 Å². The molecule has 0 unspecified atom stereocenters. The molecule has 9 heteroatoms. The molecule has 2 aliphatic rings. The van der Waals surface area contributed by atoms with Crippen LogP contribution in [0.5, 0.6) is 5.75 Å². The van der Waals surface area contributed by atoms with Crippen molar-refractivity contribution in [2.45, 2.75) is 45.8 Å². The Kier molecular flexibility index (Phi) is 7.43. The van der Waals surface area contributed by atoms with E-state index in [0.717, 1.165) is 23.1 Å². The van der Waals surface area contributed by atoms with Gasteiger partial charge in [-0.15, -0.1) is 0 Å². The van der Waals surface area contributed by atoms with Crippen LogP contribution in [0.2, 0.25) is 0 Å². The van der Waals surface area contributed by atoms with E-state index in [-0.39, 0.29) is 12.3 Å². The number of nitrogens with zero attached hydrogens (tertiary/aromatic N) is 3. The Morgan fingerprint density at radius 1 is 1.23 bits per heavy atom. The number of allylic oxidation sites excluding steroid dienone is 4. The van der Waals surface area contributed by atoms with Gasteiger partial charge in [-0.2, -0.15) is 8.78 Å². The van der Waals surface area contributed by atoms with Crippen molar-refractivity contribution in [3.63, 3.8) is 0 Å². The molecule has 4 rings (SSSR count). The monoisotopic (exact) mass is 483 g/mol. The van der Waals surface area contributed by atoms with Crippen LogP contribution >= 0.6 is 0 Å². The van der Waals surface area contributed by atoms with E-state index in [4.69, 9.17) is 14.2 Å². The molecule has 0 bridgehead atoms. The molecule has 1 aromatic heterocycles. The number of aromatic nitrogens is 2. The lowest BCUT2D eigenvalue weighted by Crippen LogP contribution is -2.33. The number of amides is 1. The first kappa shape index (κ1) is 24.4. The topological polar surface area (TPSA) is 73.8 Å². The number of benzene rings is 1. The van der Waals surface area contributed by atoms with Gasteiger partial charge in [-0.3, -0.25) is 4.90 Å². The third kappa shape index (κ3) is 6.44. The van der Waals surface area contributed by atoms with Crippen molar-refractivity contribution in [2.24, 2.45) is 0 Å². The molecule has 0 N–H and O–H groups in total. The number of rotatable bonds is 8. The van der Waals surface area contributed by atoms with Crippen LogP contribution in [0.25, 0.3) is 5.57 Å². The lowest BCUT2D eigenvalue weighted by atomic mass is 9.97. The number of hydrogen-bond donors (Lipinski definition) is 0. The van der Waals surface area contributed by atoms with E-state index in [1.807, 2.05) is 19.1 Å². The summed E-state index contributed by atoms with van der Waals surface area (Å²) in [6.45, 7) is 3.80. The van der Waals surface area contributed by atoms with Crippen LogP contribution in [0, 0.1) is 0 Å². The van der Waals surface area contributed by atoms with Gasteiger partial charge in [-0.25, -0.2) is 14.8 Å². The second-order valence-corrected chi connectivity index (χ2v) is 8.28. The maximum Gasteiger partial charge on any atom is 0.415 e. The summed E-state index contributed by atoms with van der Waals surface area (Å²) in [6.07, 6.45) is 6.09. The third-order valence-corrected chi connectivity index (χ3v) is 5.40. The van der Waals surface area contributed by atoms with Crippen LogP contribution < -0.4 is 4.74 Å². The summed E-state index contributed by atoms with van der Waals surface area (Å²) >= 11 is 0. The molecular formula is C26H27F2N3O4. The Labute approximate surface area is 202 Å². The molecule has 7 nitrogen and oxygen atoms in total. The minimum absolute atomic E-state index is 0.0288. The highest BCUT2D eigenvalue weighted by atomic mass is 19.3. The zero-order chi connectivity index (χ0) is 24.8. The maximum absolute atomic E-state index is 13.5. The minimum Gasteiger partial charge on any atom is -0.493 e. The van der Waals surface area contributed by atoms with Crippen LogP contribution in [0.4, 0.5) is 13.6 Å². The summed E-state index contributed by atoms with van der Waals surface area (Å²) in [5, 5.41) is 0. The third-order valence-electron chi connectivity index (χ3n) is 5.40. The van der Waals surface area contributed by atoms with Crippen molar-refractivity contribution in [2.75, 3.05) is 13.2 Å². The van der Waals surface area contributed by atoms with Gasteiger partial charge >= 0.3 is 12.2 Å². The van der Waals surface area contributed by atoms with E-state index in [1.54, 1.807) is 35.5 Å². The Morgan fingerprint density at radius 2 is 2.03 bits per heavy atom. The van der Waals surface area contributed by atoms with E-state index in [0.29, 0.717) is 50.3 Å². The predicted molar refractivity (Wildman–Crippen MR) is 125 cm³/mol. The molecular weight excluding hydrogens is 456 g/mol. The van der Waals surface area contributed by atoms with E-state index >= 15 is 0 Å². The molecule has 0 saturated heterocycles. The highest BCUT2D eigenvalue weighted by molar-refractivity contribution is 5.75. The summed E-state index contributed by atoms with van der Waals surface area (Å²) in [5.41, 5.74) is 2.56. The fourth-order valence-corrected chi connectivity index (χ4v) is 3.82. The largest absolute Gasteiger partial charge is 0.493 e. The van der Waals surface area contributed by atoms with E-state index < -0.39 is 12.2 Å². The summed E-state index contributed by atoms with van der Waals surface area (Å²) in [5.74, 6) is 1.53. The van der Waals surface area contributed by atoms with Crippen LogP contribution in [0.15, 0.2) is 66.4 Å². The zero-order valence-corrected chi connectivity index (χ0v) is 19.7. The Hall–Kier alpha value is -3.75. The second kappa shape index (κ2) is 10.7. The first-order valence-corrected chi connectivity index (χ1v) is 11.5. The molecule has 1 amide bonds. The Bertz CT molecular complexity index is 1160. The predicted octanol–water partition coefficient (Wildman–Crippen LogP) is 5.64. The fourth-order valence-electron chi connectivity index (χ4n) is 3.82. The number of halogens is 2. The molecule has 0 saturated carbocycles. The molecule has 1 aliphatic heterocycles. The van der Waals surface area contributed by atoms with Crippen molar-refractivity contribution in [1.29, 1.82) is 0 Å². The van der Waals surface area contributed by atoms with Gasteiger partial charge in [0.15, 0.2) is 0 Å². The summed E-state index contributed by atoms with van der Waals surface area (Å²) in [4.78, 5) is 22.6. The highest BCUT2D eigenvalue weighted by Crippen LogP contribution is 2.34. The summed E-state index contributed by atoms with van der Waals surface area (Å²) < 4.78 is 43.3. The first-order valence-electron chi connectivity index (χ1n) is 11.5. The number of fused-ring (bicyclic) bond motifs is 1. The van der Waals surface area contributed by atoms with Gasteiger partial charge in [0, 0.05) is 37.5 Å². The van der Waals surface area contributed by atoms with Gasteiger partial charge in [0.05, 0.1) is 13.2 Å². The van der Waals surface area contributed by atoms with E-state index in [2.05, 4.69) is 9.97 Å². The molecule has 0 spiro atoms. The average molecular weight is 484 g/mol. The lowest BCUT2D eigenvalue weighted by Gasteiger charge is -2.17. The standard InChI is InChI=1S/C26H27F2N3O4/c1-3-14-33-23-16-20(35-26(2,27)28)6-4-7-21(23)18-8-9-22-19(15-18)10-13-31(25(32)34-22)17-24-29-11-5-12-30-24/h4-6,8-9,11-12,15-16H,3,7,10,13-14,17H2,1-2H3. The Morgan fingerprint density at radius 3 is 2.77 bits per heavy atom. The molecule has 0 fully saturated rings. The van der Waals surface area contributed by atoms with Crippen LogP contribution in [0.1, 0.15) is 43.6 Å². The van der Waals surface area contributed by atoms with Crippen molar-refractivity contribution in [1.82, 2.24) is 14.9 Å². The lowest BCUT2D eigenvalue weighted by molar-refractivity contribution is -0.195. The van der Waals surface area contributed by atoms with Crippen LogP contribution in [-0.2, 0) is 22.4 Å². The van der Waals surface area contributed by atoms with Crippen molar-refractivity contribution >= 4 is 11.7 Å². The van der Waals surface area contributed by atoms with Crippen LogP contribution in [-0.4, -0.2) is 40.2 Å². The molecule has 0 radical (unpaired) electrons. The van der Waals surface area contributed by atoms with Crippen molar-refractivity contribution in [3.8, 4) is 5.75 Å². The van der Waals surface area contributed by atoms with Gasteiger partial charge in [0.25, 0.3) is 0 Å². The molecule has 2 aromatic rings. The zero-order valence-electron chi connectivity index (χ0n) is 19.7. The van der Waals surface area contributed by atoms with E-state index in [9.17, 15) is 13.6 Å². The van der Waals surface area contributed by atoms with Crippen LogP contribution in [0.3, 0.4) is 0 Å². The fraction of sp³-hybridized carbons (Fsp3) is 0.346. The SMILES string of the molecule is CCCOC1=C(c2ccc3c(c2)CCN(Cc2ncccn2)C(=O)O3)CC=CC(OC(C)(F)F)=C1. The van der Waals surface area contributed by atoms with Gasteiger partial charge in [-0.1, -0.05) is 19.1 Å². The summed E-state index contributed by atoms with van der Waals surface area (Å²) in [6, 6.07) is 7.27. The first-order chi connectivity index (χ1) is 16.8. The number of carbonyl (C=O) groups is 1.